The van der Waals surface area contributed by atoms with Gasteiger partial charge in [-0.05, 0) is 25.5 Å². The van der Waals surface area contributed by atoms with Crippen LogP contribution in [-0.4, -0.2) is 80.2 Å². The number of nitrogens with zero attached hydrogens (tertiary/aromatic N) is 2. The number of nitrogens with one attached hydrogen (secondary N) is 2. The number of carbonyl (C=O) groups excluding carboxylic acids is 3. The van der Waals surface area contributed by atoms with Gasteiger partial charge in [0.2, 0.25) is 5.91 Å². The molecule has 0 bridgehead atoms. The maximum Gasteiger partial charge on any atom is 0.317 e. The van der Waals surface area contributed by atoms with Crippen LogP contribution in [0.4, 0.5) is 10.5 Å². The van der Waals surface area contributed by atoms with E-state index in [0.29, 0.717) is 36.6 Å². The normalized spacial score (nSPS) is 22.2. The predicted octanol–water partition coefficient (Wildman–Crippen LogP) is 2.57. The van der Waals surface area contributed by atoms with Gasteiger partial charge in [0.15, 0.2) is 0 Å². The smallest absolute Gasteiger partial charge is 0.317 e. The molecule has 178 valence electrons. The van der Waals surface area contributed by atoms with Crippen LogP contribution in [0.2, 0.25) is 0 Å². The minimum Gasteiger partial charge on any atom is -0.491 e. The lowest BCUT2D eigenvalue weighted by Gasteiger charge is -2.36. The molecule has 0 aliphatic carbocycles. The first kappa shape index (κ1) is 25.5. The summed E-state index contributed by atoms with van der Waals surface area (Å²) in [6, 6.07) is 4.55. The highest BCUT2D eigenvalue weighted by atomic mass is 16.5. The molecule has 2 N–H and O–H groups in total. The van der Waals surface area contributed by atoms with Gasteiger partial charge in [-0.2, -0.15) is 0 Å². The second-order valence-electron chi connectivity index (χ2n) is 8.37. The Bertz CT molecular complexity index is 816. The minimum atomic E-state index is -0.253. The van der Waals surface area contributed by atoms with E-state index in [4.69, 9.17) is 9.47 Å². The van der Waals surface area contributed by atoms with E-state index in [1.54, 1.807) is 42.2 Å². The van der Waals surface area contributed by atoms with Crippen molar-refractivity contribution in [3.05, 3.63) is 23.8 Å². The summed E-state index contributed by atoms with van der Waals surface area (Å²) in [5, 5.41) is 5.65. The van der Waals surface area contributed by atoms with Crippen LogP contribution < -0.4 is 15.4 Å². The maximum atomic E-state index is 13.2. The third-order valence-electron chi connectivity index (χ3n) is 5.55. The van der Waals surface area contributed by atoms with Gasteiger partial charge in [0.25, 0.3) is 5.91 Å². The maximum absolute atomic E-state index is 13.2. The molecule has 0 aromatic heterocycles. The molecule has 1 aromatic rings. The van der Waals surface area contributed by atoms with E-state index >= 15 is 0 Å². The molecule has 0 unspecified atom stereocenters. The molecule has 0 radical (unpaired) electrons. The molecular weight excluding hydrogens is 412 g/mol. The van der Waals surface area contributed by atoms with Gasteiger partial charge in [-0.15, -0.1) is 0 Å². The summed E-state index contributed by atoms with van der Waals surface area (Å²) in [5.74, 6) is -0.0671. The van der Waals surface area contributed by atoms with E-state index < -0.39 is 0 Å². The fraction of sp³-hybridized carbons (Fsp3) is 0.609. The van der Waals surface area contributed by atoms with Gasteiger partial charge < -0.3 is 29.9 Å². The first-order valence-corrected chi connectivity index (χ1v) is 11.0. The number of amides is 4. The molecular formula is C23H36N4O5. The Morgan fingerprint density at radius 3 is 2.59 bits per heavy atom. The average molecular weight is 449 g/mol. The number of methoxy groups -OCH3 is 1. The van der Waals surface area contributed by atoms with E-state index in [1.165, 1.54) is 6.92 Å². The topological polar surface area (TPSA) is 100 Å². The Morgan fingerprint density at radius 2 is 1.97 bits per heavy atom. The molecule has 4 amide bonds. The highest BCUT2D eigenvalue weighted by Gasteiger charge is 2.30. The van der Waals surface area contributed by atoms with Crippen molar-refractivity contribution in [3.8, 4) is 5.75 Å². The second-order valence-corrected chi connectivity index (χ2v) is 8.37. The van der Waals surface area contributed by atoms with Crippen LogP contribution in [0.5, 0.6) is 5.75 Å². The summed E-state index contributed by atoms with van der Waals surface area (Å²) in [5.41, 5.74) is 0.922. The number of ether oxygens (including phenoxy) is 2. The van der Waals surface area contributed by atoms with Crippen molar-refractivity contribution in [1.29, 1.82) is 0 Å². The van der Waals surface area contributed by atoms with Gasteiger partial charge in [-0.1, -0.05) is 13.8 Å². The molecule has 0 fully saturated rings. The van der Waals surface area contributed by atoms with Crippen LogP contribution in [0.25, 0.3) is 0 Å². The highest BCUT2D eigenvalue weighted by molar-refractivity contribution is 5.98. The first-order valence-electron chi connectivity index (χ1n) is 11.0. The largest absolute Gasteiger partial charge is 0.491 e. The van der Waals surface area contributed by atoms with Gasteiger partial charge in [0, 0.05) is 58.4 Å². The Kier molecular flexibility index (Phi) is 9.31. The molecule has 1 aromatic carbocycles. The van der Waals surface area contributed by atoms with Gasteiger partial charge >= 0.3 is 6.03 Å². The first-order chi connectivity index (χ1) is 15.2. The minimum absolute atomic E-state index is 0.00823. The van der Waals surface area contributed by atoms with Crippen molar-refractivity contribution in [2.45, 2.75) is 46.3 Å². The van der Waals surface area contributed by atoms with Gasteiger partial charge in [0.05, 0.1) is 17.7 Å². The third-order valence-corrected chi connectivity index (χ3v) is 5.55. The zero-order valence-corrected chi connectivity index (χ0v) is 19.9. The monoisotopic (exact) mass is 448 g/mol. The van der Waals surface area contributed by atoms with E-state index in [1.807, 2.05) is 20.8 Å². The summed E-state index contributed by atoms with van der Waals surface area (Å²) in [6.07, 6.45) is 0.590. The predicted molar refractivity (Wildman–Crippen MR) is 123 cm³/mol. The lowest BCUT2D eigenvalue weighted by molar-refractivity contribution is -0.114. The Labute approximate surface area is 190 Å². The number of carbonyl (C=O) groups is 3. The van der Waals surface area contributed by atoms with Crippen LogP contribution in [0.3, 0.4) is 0 Å². The Morgan fingerprint density at radius 1 is 1.25 bits per heavy atom. The van der Waals surface area contributed by atoms with Gasteiger partial charge in [0.1, 0.15) is 12.4 Å². The molecule has 0 saturated carbocycles. The molecule has 2 rings (SSSR count). The molecule has 3 atom stereocenters. The van der Waals surface area contributed by atoms with E-state index in [-0.39, 0.29) is 42.5 Å². The van der Waals surface area contributed by atoms with Crippen LogP contribution in [0.15, 0.2) is 18.2 Å². The van der Waals surface area contributed by atoms with E-state index in [0.717, 1.165) is 6.42 Å². The summed E-state index contributed by atoms with van der Waals surface area (Å²) in [4.78, 5) is 40.8. The van der Waals surface area contributed by atoms with Crippen LogP contribution >= 0.6 is 0 Å². The number of hydrogen-bond acceptors (Lipinski definition) is 5. The van der Waals surface area contributed by atoms with Crippen LogP contribution in [0, 0.1) is 5.92 Å². The van der Waals surface area contributed by atoms with Gasteiger partial charge in [-0.3, -0.25) is 9.59 Å². The fourth-order valence-corrected chi connectivity index (χ4v) is 3.67. The van der Waals surface area contributed by atoms with Crippen molar-refractivity contribution in [2.24, 2.45) is 5.92 Å². The second kappa shape index (κ2) is 11.7. The number of hydrogen-bond donors (Lipinski definition) is 2. The number of rotatable bonds is 4. The molecule has 9 nitrogen and oxygen atoms in total. The molecule has 0 saturated heterocycles. The quantitative estimate of drug-likeness (QED) is 0.737. The van der Waals surface area contributed by atoms with Crippen molar-refractivity contribution in [3.63, 3.8) is 0 Å². The number of benzene rings is 1. The number of anilines is 1. The Hall–Kier alpha value is -2.81. The molecule has 9 heteroatoms. The van der Waals surface area contributed by atoms with Crippen LogP contribution in [-0.2, 0) is 9.53 Å². The van der Waals surface area contributed by atoms with E-state index in [9.17, 15) is 14.4 Å². The van der Waals surface area contributed by atoms with Crippen molar-refractivity contribution in [2.75, 3.05) is 45.7 Å². The molecule has 1 aliphatic heterocycles. The third kappa shape index (κ3) is 6.59. The zero-order chi connectivity index (χ0) is 23.8. The van der Waals surface area contributed by atoms with E-state index in [2.05, 4.69) is 10.6 Å². The summed E-state index contributed by atoms with van der Waals surface area (Å²) < 4.78 is 11.7. The number of urea groups is 1. The average Bonchev–Trinajstić information content (AvgIpc) is 2.75. The Balaban J connectivity index is 2.42. The SMILES string of the molecule is CCCNC(=O)N1C[C@H](C)[C@H](OC)CN(C)C(=O)c2ccc(NC(C)=O)cc2OC[C@H]1C. The fourth-order valence-electron chi connectivity index (χ4n) is 3.67. The van der Waals surface area contributed by atoms with Crippen molar-refractivity contribution < 1.29 is 23.9 Å². The molecule has 32 heavy (non-hydrogen) atoms. The van der Waals surface area contributed by atoms with Gasteiger partial charge in [-0.25, -0.2) is 4.79 Å². The van der Waals surface area contributed by atoms with Crippen LogP contribution in [0.1, 0.15) is 44.5 Å². The lowest BCUT2D eigenvalue weighted by atomic mass is 10.0. The number of fused-ring (bicyclic) bond motifs is 1. The molecule has 1 heterocycles. The zero-order valence-electron chi connectivity index (χ0n) is 19.9. The highest BCUT2D eigenvalue weighted by Crippen LogP contribution is 2.26. The van der Waals surface area contributed by atoms with Crippen molar-refractivity contribution in [1.82, 2.24) is 15.1 Å². The molecule has 0 spiro atoms. The van der Waals surface area contributed by atoms with Crippen molar-refractivity contribution >= 4 is 23.5 Å². The lowest BCUT2D eigenvalue weighted by Crippen LogP contribution is -2.51. The summed E-state index contributed by atoms with van der Waals surface area (Å²) in [7, 11) is 3.33. The molecule has 1 aliphatic rings. The number of likely N-dealkylation sites (N-methyl/N-ethyl adjacent to an activating group) is 1. The summed E-state index contributed by atoms with van der Waals surface area (Å²) >= 11 is 0. The summed E-state index contributed by atoms with van der Waals surface area (Å²) in [6.45, 7) is 8.95. The standard InChI is InChI=1S/C23H36N4O5/c1-7-10-24-23(30)27-12-15(2)21(31-6)13-26(5)22(29)19-9-8-18(25-17(4)28)11-20(19)32-14-16(27)3/h8-9,11,15-16,21H,7,10,12-14H2,1-6H3,(H,24,30)(H,25,28)/t15-,16+,21+/m0/s1.